The molecular weight excluding hydrogens is 324 g/mol. The van der Waals surface area contributed by atoms with Crippen molar-refractivity contribution in [3.05, 3.63) is 0 Å². The Labute approximate surface area is 111 Å². The maximum atomic E-state index is 13.2. The lowest BCUT2D eigenvalue weighted by Crippen LogP contribution is -2.50. The van der Waals surface area contributed by atoms with Gasteiger partial charge in [-0.25, -0.2) is 22.4 Å². The molecule has 4 nitrogen and oxygen atoms in total. The Morgan fingerprint density at radius 1 is 1.19 bits per heavy atom. The van der Waals surface area contributed by atoms with Gasteiger partial charge in [0.05, 0.1) is 6.42 Å². The first kappa shape index (κ1) is 17.7. The van der Waals surface area contributed by atoms with Crippen LogP contribution in [0.5, 0.6) is 0 Å². The SMILES string of the molecule is O=C1OCC(CC(F)(F)COC(F)(F)C(F)(F)C(F)F)O1. The van der Waals surface area contributed by atoms with Crippen LogP contribution in [0.15, 0.2) is 0 Å². The minimum Gasteiger partial charge on any atom is -0.430 e. The van der Waals surface area contributed by atoms with Crippen LogP contribution >= 0.6 is 0 Å². The fourth-order valence-corrected chi connectivity index (χ4v) is 1.28. The van der Waals surface area contributed by atoms with Crippen molar-refractivity contribution in [3.63, 3.8) is 0 Å². The molecule has 12 heteroatoms. The third kappa shape index (κ3) is 4.32. The lowest BCUT2D eigenvalue weighted by molar-refractivity contribution is -0.383. The molecule has 0 aliphatic carbocycles. The van der Waals surface area contributed by atoms with Crippen molar-refractivity contribution in [2.45, 2.75) is 36.9 Å². The van der Waals surface area contributed by atoms with Crippen LogP contribution < -0.4 is 0 Å². The van der Waals surface area contributed by atoms with Crippen LogP contribution in [0.2, 0.25) is 0 Å². The Kier molecular flexibility index (Phi) is 4.90. The summed E-state index contributed by atoms with van der Waals surface area (Å²) in [6.07, 6.45) is -14.7. The van der Waals surface area contributed by atoms with E-state index < -0.39 is 56.3 Å². The Bertz CT molecular complexity index is 386. The molecule has 1 aliphatic heterocycles. The van der Waals surface area contributed by atoms with Crippen molar-refractivity contribution in [1.29, 1.82) is 0 Å². The van der Waals surface area contributed by atoms with Crippen LogP contribution in [0.1, 0.15) is 6.42 Å². The molecule has 0 spiro atoms. The molecule has 0 bridgehead atoms. The summed E-state index contributed by atoms with van der Waals surface area (Å²) in [5.74, 6) is -10.0. The molecule has 0 saturated carbocycles. The summed E-state index contributed by atoms with van der Waals surface area (Å²) in [6.45, 7) is -2.85. The number of halogens is 8. The van der Waals surface area contributed by atoms with Gasteiger partial charge in [-0.1, -0.05) is 0 Å². The zero-order chi connectivity index (χ0) is 16.5. The van der Waals surface area contributed by atoms with Crippen LogP contribution in [-0.4, -0.2) is 49.9 Å². The van der Waals surface area contributed by atoms with Gasteiger partial charge >= 0.3 is 24.6 Å². The molecule has 1 unspecified atom stereocenters. The van der Waals surface area contributed by atoms with Gasteiger partial charge in [0, 0.05) is 0 Å². The van der Waals surface area contributed by atoms with E-state index in [1.165, 1.54) is 0 Å². The highest BCUT2D eigenvalue weighted by molar-refractivity contribution is 5.61. The van der Waals surface area contributed by atoms with Crippen molar-refractivity contribution in [3.8, 4) is 0 Å². The van der Waals surface area contributed by atoms with Crippen LogP contribution in [0, 0.1) is 0 Å². The van der Waals surface area contributed by atoms with Crippen molar-refractivity contribution in [2.24, 2.45) is 0 Å². The fraction of sp³-hybridized carbons (Fsp3) is 0.889. The van der Waals surface area contributed by atoms with Gasteiger partial charge in [-0.2, -0.15) is 17.6 Å². The Hall–Kier alpha value is -1.33. The number of carbonyl (C=O) groups is 1. The number of hydrogen-bond donors (Lipinski definition) is 0. The van der Waals surface area contributed by atoms with E-state index in [4.69, 9.17) is 0 Å². The standard InChI is InChI=1S/C9H8F8O4/c10-5(11)8(14,15)9(16,17)20-3-7(12,13)1-4-2-19-6(18)21-4/h4-5H,1-3H2. The van der Waals surface area contributed by atoms with Gasteiger partial charge in [0.25, 0.3) is 5.92 Å². The van der Waals surface area contributed by atoms with E-state index >= 15 is 0 Å². The smallest absolute Gasteiger partial charge is 0.430 e. The minimum absolute atomic E-state index is 0.585. The van der Waals surface area contributed by atoms with E-state index in [1.807, 2.05) is 0 Å². The molecule has 0 N–H and O–H groups in total. The van der Waals surface area contributed by atoms with Crippen molar-refractivity contribution in [1.82, 2.24) is 0 Å². The van der Waals surface area contributed by atoms with Crippen molar-refractivity contribution in [2.75, 3.05) is 13.2 Å². The molecule has 1 fully saturated rings. The molecule has 1 heterocycles. The van der Waals surface area contributed by atoms with E-state index in [0.29, 0.717) is 0 Å². The molecule has 0 aromatic carbocycles. The third-order valence-electron chi connectivity index (χ3n) is 2.30. The van der Waals surface area contributed by atoms with E-state index in [9.17, 15) is 39.9 Å². The minimum atomic E-state index is -5.92. The predicted octanol–water partition coefficient (Wildman–Crippen LogP) is 3.06. The van der Waals surface area contributed by atoms with E-state index in [2.05, 4.69) is 14.2 Å². The summed E-state index contributed by atoms with van der Waals surface area (Å²) in [6, 6.07) is 0. The first-order valence-corrected chi connectivity index (χ1v) is 5.26. The highest BCUT2D eigenvalue weighted by Crippen LogP contribution is 2.41. The number of alkyl halides is 8. The number of carbonyl (C=O) groups excluding carboxylic acids is 1. The average molecular weight is 332 g/mol. The maximum Gasteiger partial charge on any atom is 0.508 e. The van der Waals surface area contributed by atoms with Crippen LogP contribution in [-0.2, 0) is 14.2 Å². The molecular formula is C9H8F8O4. The quantitative estimate of drug-likeness (QED) is 0.531. The largest absolute Gasteiger partial charge is 0.508 e. The summed E-state index contributed by atoms with van der Waals surface area (Å²) < 4.78 is 111. The monoisotopic (exact) mass is 332 g/mol. The highest BCUT2D eigenvalue weighted by Gasteiger charge is 2.65. The number of hydrogen-bond acceptors (Lipinski definition) is 4. The highest BCUT2D eigenvalue weighted by atomic mass is 19.3. The zero-order valence-corrected chi connectivity index (χ0v) is 9.93. The first-order valence-electron chi connectivity index (χ1n) is 5.26. The van der Waals surface area contributed by atoms with Gasteiger partial charge in [-0.3, -0.25) is 0 Å². The molecule has 0 aromatic rings. The lowest BCUT2D eigenvalue weighted by atomic mass is 10.1. The van der Waals surface area contributed by atoms with E-state index in [1.54, 1.807) is 0 Å². The molecule has 1 saturated heterocycles. The Balaban J connectivity index is 2.57. The van der Waals surface area contributed by atoms with Crippen LogP contribution in [0.4, 0.5) is 39.9 Å². The molecule has 124 valence electrons. The van der Waals surface area contributed by atoms with Gasteiger partial charge in [-0.15, -0.1) is 0 Å². The molecule has 1 atom stereocenters. The Morgan fingerprint density at radius 3 is 2.19 bits per heavy atom. The second-order valence-electron chi connectivity index (χ2n) is 4.09. The van der Waals surface area contributed by atoms with Gasteiger partial charge in [0.2, 0.25) is 0 Å². The molecule has 0 amide bonds. The summed E-state index contributed by atoms with van der Waals surface area (Å²) in [5.41, 5.74) is 0. The topological polar surface area (TPSA) is 44.8 Å². The lowest BCUT2D eigenvalue weighted by Gasteiger charge is -2.27. The molecule has 1 rings (SSSR count). The molecule has 0 radical (unpaired) electrons. The molecule has 1 aliphatic rings. The maximum absolute atomic E-state index is 13.2. The van der Waals surface area contributed by atoms with Crippen molar-refractivity contribution >= 4 is 6.16 Å². The normalized spacial score (nSPS) is 20.6. The van der Waals surface area contributed by atoms with E-state index in [0.717, 1.165) is 0 Å². The Morgan fingerprint density at radius 2 is 1.76 bits per heavy atom. The van der Waals surface area contributed by atoms with Gasteiger partial charge < -0.3 is 14.2 Å². The number of rotatable bonds is 7. The second-order valence-corrected chi connectivity index (χ2v) is 4.09. The summed E-state index contributed by atoms with van der Waals surface area (Å²) in [5, 5.41) is 0. The van der Waals surface area contributed by atoms with E-state index in [-0.39, 0.29) is 0 Å². The van der Waals surface area contributed by atoms with Gasteiger partial charge in [0.1, 0.15) is 19.3 Å². The first-order chi connectivity index (χ1) is 9.37. The fourth-order valence-electron chi connectivity index (χ4n) is 1.28. The van der Waals surface area contributed by atoms with Crippen molar-refractivity contribution < 1.29 is 54.1 Å². The molecule has 21 heavy (non-hydrogen) atoms. The zero-order valence-electron chi connectivity index (χ0n) is 9.93. The van der Waals surface area contributed by atoms with Crippen LogP contribution in [0.3, 0.4) is 0 Å². The molecule has 0 aromatic heterocycles. The summed E-state index contributed by atoms with van der Waals surface area (Å²) in [4.78, 5) is 10.4. The summed E-state index contributed by atoms with van der Waals surface area (Å²) >= 11 is 0. The summed E-state index contributed by atoms with van der Waals surface area (Å²) in [7, 11) is 0. The average Bonchev–Trinajstić information content (AvgIpc) is 2.71. The predicted molar refractivity (Wildman–Crippen MR) is 47.6 cm³/mol. The number of ether oxygens (including phenoxy) is 3. The second kappa shape index (κ2) is 5.81. The number of cyclic esters (lactones) is 2. The van der Waals surface area contributed by atoms with Crippen LogP contribution in [0.25, 0.3) is 0 Å². The van der Waals surface area contributed by atoms with Gasteiger partial charge in [-0.05, 0) is 0 Å². The van der Waals surface area contributed by atoms with Gasteiger partial charge in [0.15, 0.2) is 0 Å². The third-order valence-corrected chi connectivity index (χ3v) is 2.30.